The standard InChI is InChI=1S/C17H22BClO2/c1-6-10-14(15(19)13-11-8-7-9-12-13)18-20-16(2,3)17(4,5)21-18/h6-9,11-12H,1,10H2,2-5H3/b15-14-. The van der Waals surface area contributed by atoms with Gasteiger partial charge in [-0.1, -0.05) is 48.0 Å². The summed E-state index contributed by atoms with van der Waals surface area (Å²) in [5, 5.41) is 0.675. The SMILES string of the molecule is C=CC/C(B1OC(C)(C)C(C)(C)O1)=C(/Cl)c1ccccc1. The molecule has 0 aromatic heterocycles. The first kappa shape index (κ1) is 16.3. The molecule has 0 aliphatic carbocycles. The van der Waals surface area contributed by atoms with Gasteiger partial charge in [-0.25, -0.2) is 0 Å². The Morgan fingerprint density at radius 2 is 1.67 bits per heavy atom. The molecule has 0 amide bonds. The Labute approximate surface area is 132 Å². The van der Waals surface area contributed by atoms with Crippen LogP contribution >= 0.6 is 11.6 Å². The van der Waals surface area contributed by atoms with E-state index in [-0.39, 0.29) is 11.2 Å². The highest BCUT2D eigenvalue weighted by Gasteiger charge is 2.52. The summed E-state index contributed by atoms with van der Waals surface area (Å²) < 4.78 is 12.2. The summed E-state index contributed by atoms with van der Waals surface area (Å²) in [6, 6.07) is 9.86. The third kappa shape index (κ3) is 3.26. The summed E-state index contributed by atoms with van der Waals surface area (Å²) in [5.74, 6) is 0. The van der Waals surface area contributed by atoms with Crippen molar-refractivity contribution in [2.45, 2.75) is 45.3 Å². The Morgan fingerprint density at radius 1 is 1.14 bits per heavy atom. The number of rotatable bonds is 4. The zero-order chi connectivity index (χ0) is 15.7. The molecule has 0 bridgehead atoms. The van der Waals surface area contributed by atoms with E-state index in [2.05, 4.69) is 6.58 Å². The molecular formula is C17H22BClO2. The monoisotopic (exact) mass is 304 g/mol. The lowest BCUT2D eigenvalue weighted by Gasteiger charge is -2.32. The highest BCUT2D eigenvalue weighted by molar-refractivity contribution is 6.63. The number of hydrogen-bond donors (Lipinski definition) is 0. The second-order valence-corrected chi connectivity index (χ2v) is 6.66. The van der Waals surface area contributed by atoms with E-state index >= 15 is 0 Å². The molecule has 2 nitrogen and oxygen atoms in total. The Bertz CT molecular complexity index is 533. The molecule has 4 heteroatoms. The van der Waals surface area contributed by atoms with Gasteiger partial charge in [-0.3, -0.25) is 0 Å². The first-order chi connectivity index (χ1) is 9.78. The van der Waals surface area contributed by atoms with Gasteiger partial charge in [-0.05, 0) is 45.2 Å². The second kappa shape index (κ2) is 6.00. The molecule has 1 aromatic rings. The van der Waals surface area contributed by atoms with Crippen LogP contribution in [0.5, 0.6) is 0 Å². The fraction of sp³-hybridized carbons (Fsp3) is 0.412. The van der Waals surface area contributed by atoms with Crippen LogP contribution in [0.3, 0.4) is 0 Å². The molecule has 0 spiro atoms. The van der Waals surface area contributed by atoms with E-state index in [0.717, 1.165) is 11.0 Å². The normalized spacial score (nSPS) is 21.1. The molecular weight excluding hydrogens is 282 g/mol. The van der Waals surface area contributed by atoms with E-state index in [1.165, 1.54) is 0 Å². The molecule has 1 aromatic carbocycles. The lowest BCUT2D eigenvalue weighted by molar-refractivity contribution is 0.00578. The summed E-state index contributed by atoms with van der Waals surface area (Å²) in [4.78, 5) is 0. The first-order valence-corrected chi connectivity index (χ1v) is 7.57. The Kier molecular flexibility index (Phi) is 4.67. The maximum atomic E-state index is 6.59. The molecule has 1 aliphatic rings. The molecule has 21 heavy (non-hydrogen) atoms. The van der Waals surface area contributed by atoms with Crippen molar-refractivity contribution in [1.82, 2.24) is 0 Å². The summed E-state index contributed by atoms with van der Waals surface area (Å²) in [6.07, 6.45) is 2.45. The maximum Gasteiger partial charge on any atom is 0.492 e. The molecule has 112 valence electrons. The minimum absolute atomic E-state index is 0.377. The van der Waals surface area contributed by atoms with Crippen molar-refractivity contribution in [3.63, 3.8) is 0 Å². The highest BCUT2D eigenvalue weighted by Crippen LogP contribution is 2.41. The van der Waals surface area contributed by atoms with Gasteiger partial charge < -0.3 is 9.31 Å². The third-order valence-corrected chi connectivity index (χ3v) is 4.67. The Morgan fingerprint density at radius 3 is 2.14 bits per heavy atom. The molecule has 2 rings (SSSR count). The van der Waals surface area contributed by atoms with Crippen molar-refractivity contribution in [3.8, 4) is 0 Å². The van der Waals surface area contributed by atoms with Crippen LogP contribution in [0.2, 0.25) is 0 Å². The lowest BCUT2D eigenvalue weighted by atomic mass is 9.75. The smallest absolute Gasteiger partial charge is 0.400 e. The van der Waals surface area contributed by atoms with Gasteiger partial charge in [0.25, 0.3) is 0 Å². The minimum Gasteiger partial charge on any atom is -0.400 e. The summed E-state index contributed by atoms with van der Waals surface area (Å²) >= 11 is 6.59. The van der Waals surface area contributed by atoms with Gasteiger partial charge in [-0.2, -0.15) is 0 Å². The summed E-state index contributed by atoms with van der Waals surface area (Å²) in [5.41, 5.74) is 1.12. The average Bonchev–Trinajstić information content (AvgIpc) is 2.65. The van der Waals surface area contributed by atoms with Crippen LogP contribution < -0.4 is 0 Å². The number of benzene rings is 1. The van der Waals surface area contributed by atoms with Crippen LogP contribution in [0, 0.1) is 0 Å². The van der Waals surface area contributed by atoms with Crippen molar-refractivity contribution in [3.05, 3.63) is 54.0 Å². The van der Waals surface area contributed by atoms with Gasteiger partial charge >= 0.3 is 7.12 Å². The van der Waals surface area contributed by atoms with Crippen LogP contribution in [0.15, 0.2) is 48.5 Å². The van der Waals surface area contributed by atoms with E-state index in [9.17, 15) is 0 Å². The molecule has 1 heterocycles. The van der Waals surface area contributed by atoms with E-state index in [1.807, 2.05) is 64.1 Å². The first-order valence-electron chi connectivity index (χ1n) is 7.19. The molecule has 0 radical (unpaired) electrons. The van der Waals surface area contributed by atoms with Gasteiger partial charge in [0.2, 0.25) is 0 Å². The topological polar surface area (TPSA) is 18.5 Å². The molecule has 1 saturated heterocycles. The number of hydrogen-bond acceptors (Lipinski definition) is 2. The van der Waals surface area contributed by atoms with E-state index in [1.54, 1.807) is 0 Å². The molecule has 0 atom stereocenters. The van der Waals surface area contributed by atoms with Crippen LogP contribution in [-0.2, 0) is 9.31 Å². The third-order valence-electron chi connectivity index (χ3n) is 4.21. The Balaban J connectivity index is 2.39. The van der Waals surface area contributed by atoms with Crippen molar-refractivity contribution in [2.24, 2.45) is 0 Å². The zero-order valence-corrected chi connectivity index (χ0v) is 13.9. The van der Waals surface area contributed by atoms with Crippen molar-refractivity contribution < 1.29 is 9.31 Å². The van der Waals surface area contributed by atoms with Crippen LogP contribution in [0.25, 0.3) is 5.03 Å². The van der Waals surface area contributed by atoms with Gasteiger partial charge in [0.15, 0.2) is 0 Å². The largest absolute Gasteiger partial charge is 0.492 e. The molecule has 1 aliphatic heterocycles. The Hall–Kier alpha value is -1.03. The van der Waals surface area contributed by atoms with Crippen LogP contribution in [0.1, 0.15) is 39.7 Å². The van der Waals surface area contributed by atoms with E-state index in [0.29, 0.717) is 11.5 Å². The predicted octanol–water partition coefficient (Wildman–Crippen LogP) is 4.84. The van der Waals surface area contributed by atoms with Gasteiger partial charge in [0.05, 0.1) is 11.2 Å². The zero-order valence-electron chi connectivity index (χ0n) is 13.2. The quantitative estimate of drug-likeness (QED) is 0.585. The van der Waals surface area contributed by atoms with Gasteiger partial charge in [-0.15, -0.1) is 6.58 Å². The van der Waals surface area contributed by atoms with Crippen molar-refractivity contribution >= 4 is 23.8 Å². The molecule has 1 fully saturated rings. The lowest BCUT2D eigenvalue weighted by Crippen LogP contribution is -2.41. The molecule has 0 unspecified atom stereocenters. The number of halogens is 1. The fourth-order valence-electron chi connectivity index (χ4n) is 2.20. The van der Waals surface area contributed by atoms with Crippen LogP contribution in [0.4, 0.5) is 0 Å². The fourth-order valence-corrected chi connectivity index (χ4v) is 2.49. The summed E-state index contributed by atoms with van der Waals surface area (Å²) in [6.45, 7) is 12.0. The highest BCUT2D eigenvalue weighted by atomic mass is 35.5. The predicted molar refractivity (Wildman–Crippen MR) is 90.1 cm³/mol. The molecule has 0 N–H and O–H groups in total. The van der Waals surface area contributed by atoms with Crippen LogP contribution in [-0.4, -0.2) is 18.3 Å². The van der Waals surface area contributed by atoms with Gasteiger partial charge in [0.1, 0.15) is 0 Å². The summed E-state index contributed by atoms with van der Waals surface area (Å²) in [7, 11) is -0.444. The van der Waals surface area contributed by atoms with Gasteiger partial charge in [0, 0.05) is 5.03 Å². The van der Waals surface area contributed by atoms with Crippen molar-refractivity contribution in [1.29, 1.82) is 0 Å². The van der Waals surface area contributed by atoms with Crippen molar-refractivity contribution in [2.75, 3.05) is 0 Å². The van der Waals surface area contributed by atoms with E-state index < -0.39 is 7.12 Å². The minimum atomic E-state index is -0.444. The average molecular weight is 305 g/mol. The number of allylic oxidation sites excluding steroid dienone is 2. The maximum absolute atomic E-state index is 6.59. The van der Waals surface area contributed by atoms with E-state index in [4.69, 9.17) is 20.9 Å². The second-order valence-electron chi connectivity index (χ2n) is 6.29. The molecule has 0 saturated carbocycles.